The van der Waals surface area contributed by atoms with Crippen molar-refractivity contribution in [3.8, 4) is 0 Å². The molecule has 0 fully saturated rings. The zero-order valence-corrected chi connectivity index (χ0v) is 11.4. The molecule has 2 aromatic rings. The van der Waals surface area contributed by atoms with E-state index in [-0.39, 0.29) is 10.3 Å². The molecule has 0 radical (unpaired) electrons. The molecule has 0 atom stereocenters. The first-order valence-corrected chi connectivity index (χ1v) is 6.49. The van der Waals surface area contributed by atoms with E-state index in [4.69, 9.17) is 0 Å². The van der Waals surface area contributed by atoms with E-state index in [0.717, 1.165) is 10.3 Å². The van der Waals surface area contributed by atoms with Crippen LogP contribution in [0.15, 0.2) is 35.4 Å². The summed E-state index contributed by atoms with van der Waals surface area (Å²) in [5.74, 6) is -0.935. The second-order valence-electron chi connectivity index (χ2n) is 5.07. The van der Waals surface area contributed by atoms with Gasteiger partial charge < -0.3 is 5.11 Å². The Morgan fingerprint density at radius 2 is 2.06 bits per heavy atom. The molecule has 18 heavy (non-hydrogen) atoms. The van der Waals surface area contributed by atoms with Crippen LogP contribution in [-0.4, -0.2) is 20.8 Å². The van der Waals surface area contributed by atoms with Crippen molar-refractivity contribution in [3.63, 3.8) is 0 Å². The lowest BCUT2D eigenvalue weighted by Gasteiger charge is -2.18. The number of hydrogen-bond donors (Lipinski definition) is 1. The zero-order chi connectivity index (χ0) is 13.3. The number of fused-ring (bicyclic) bond motifs is 1. The van der Waals surface area contributed by atoms with Crippen LogP contribution in [0.25, 0.3) is 10.9 Å². The quantitative estimate of drug-likeness (QED) is 0.835. The Balaban J connectivity index is 2.61. The van der Waals surface area contributed by atoms with E-state index in [1.54, 1.807) is 24.0 Å². The van der Waals surface area contributed by atoms with Gasteiger partial charge in [0.05, 0.1) is 11.1 Å². The van der Waals surface area contributed by atoms with Gasteiger partial charge in [0.15, 0.2) is 0 Å². The average molecular weight is 261 g/mol. The lowest BCUT2D eigenvalue weighted by Crippen LogP contribution is -2.07. The molecular weight excluding hydrogens is 246 g/mol. The van der Waals surface area contributed by atoms with Crippen LogP contribution < -0.4 is 0 Å². The van der Waals surface area contributed by atoms with Crippen molar-refractivity contribution in [3.05, 3.63) is 36.0 Å². The maximum atomic E-state index is 11.3. The van der Waals surface area contributed by atoms with Crippen LogP contribution in [-0.2, 0) is 0 Å². The fourth-order valence-electron chi connectivity index (χ4n) is 1.74. The van der Waals surface area contributed by atoms with Crippen LogP contribution in [0.5, 0.6) is 0 Å². The topological polar surface area (TPSA) is 50.2 Å². The Bertz CT molecular complexity index is 602. The fourth-order valence-corrected chi connectivity index (χ4v) is 2.81. The minimum Gasteiger partial charge on any atom is -0.478 e. The Morgan fingerprint density at radius 1 is 1.33 bits per heavy atom. The van der Waals surface area contributed by atoms with Gasteiger partial charge in [-0.3, -0.25) is 4.98 Å². The van der Waals surface area contributed by atoms with Crippen LogP contribution in [0.4, 0.5) is 0 Å². The van der Waals surface area contributed by atoms with Crippen molar-refractivity contribution < 1.29 is 9.90 Å². The van der Waals surface area contributed by atoms with E-state index >= 15 is 0 Å². The van der Waals surface area contributed by atoms with E-state index in [1.807, 2.05) is 18.2 Å². The number of carboxylic acid groups (broad SMARTS) is 1. The van der Waals surface area contributed by atoms with Crippen LogP contribution in [0.2, 0.25) is 0 Å². The predicted octanol–water partition coefficient (Wildman–Crippen LogP) is 3.82. The van der Waals surface area contributed by atoms with E-state index in [2.05, 4.69) is 25.8 Å². The number of benzene rings is 1. The molecule has 3 nitrogen and oxygen atoms in total. The van der Waals surface area contributed by atoms with Crippen molar-refractivity contribution in [2.45, 2.75) is 30.4 Å². The van der Waals surface area contributed by atoms with E-state index in [0.29, 0.717) is 5.52 Å². The van der Waals surface area contributed by atoms with Crippen molar-refractivity contribution in [1.29, 1.82) is 0 Å². The molecule has 94 valence electrons. The Hall–Kier alpha value is -1.55. The molecule has 1 heterocycles. The molecule has 0 unspecified atom stereocenters. The standard InChI is InChI=1S/C14H15NO2S/c1-14(2,3)18-10-7-9-5-4-6-15-12(9)11(8-10)13(16)17/h4-8H,1-3H3,(H,16,17). The molecule has 2 rings (SSSR count). The van der Waals surface area contributed by atoms with Crippen molar-refractivity contribution in [2.24, 2.45) is 0 Å². The molecule has 0 aliphatic rings. The highest BCUT2D eigenvalue weighted by Crippen LogP contribution is 2.34. The van der Waals surface area contributed by atoms with Crippen molar-refractivity contribution in [1.82, 2.24) is 4.98 Å². The highest BCUT2D eigenvalue weighted by Gasteiger charge is 2.16. The summed E-state index contributed by atoms with van der Waals surface area (Å²) in [5, 5.41) is 10.1. The van der Waals surface area contributed by atoms with Gasteiger partial charge in [-0.2, -0.15) is 0 Å². The van der Waals surface area contributed by atoms with Gasteiger partial charge in [-0.25, -0.2) is 4.79 Å². The summed E-state index contributed by atoms with van der Waals surface area (Å²) >= 11 is 1.66. The molecule has 0 saturated carbocycles. The maximum Gasteiger partial charge on any atom is 0.337 e. The number of aromatic carboxylic acids is 1. The summed E-state index contributed by atoms with van der Waals surface area (Å²) < 4.78 is 0.0473. The van der Waals surface area contributed by atoms with Gasteiger partial charge in [0.25, 0.3) is 0 Å². The number of rotatable bonds is 2. The Labute approximate surface area is 110 Å². The molecule has 4 heteroatoms. The number of nitrogens with zero attached hydrogens (tertiary/aromatic N) is 1. The summed E-state index contributed by atoms with van der Waals surface area (Å²) in [4.78, 5) is 16.4. The molecule has 0 aliphatic heterocycles. The third-order valence-electron chi connectivity index (χ3n) is 2.33. The molecule has 0 amide bonds. The number of aromatic nitrogens is 1. The summed E-state index contributed by atoms with van der Waals surface area (Å²) in [6, 6.07) is 7.40. The molecule has 0 aliphatic carbocycles. The lowest BCUT2D eigenvalue weighted by molar-refractivity contribution is 0.0698. The molecule has 1 aromatic carbocycles. The molecule has 1 aromatic heterocycles. The summed E-state index contributed by atoms with van der Waals surface area (Å²) in [7, 11) is 0. The number of carboxylic acids is 1. The van der Waals surface area contributed by atoms with Crippen LogP contribution in [0, 0.1) is 0 Å². The zero-order valence-electron chi connectivity index (χ0n) is 10.6. The first kappa shape index (κ1) is 12.9. The third-order valence-corrected chi connectivity index (χ3v) is 3.42. The van der Waals surface area contributed by atoms with Gasteiger partial charge in [0.2, 0.25) is 0 Å². The van der Waals surface area contributed by atoms with E-state index in [1.165, 1.54) is 0 Å². The van der Waals surface area contributed by atoms with Crippen LogP contribution >= 0.6 is 11.8 Å². The fraction of sp³-hybridized carbons (Fsp3) is 0.286. The van der Waals surface area contributed by atoms with Gasteiger partial charge in [-0.15, -0.1) is 11.8 Å². The van der Waals surface area contributed by atoms with Crippen LogP contribution in [0.3, 0.4) is 0 Å². The Kier molecular flexibility index (Phi) is 3.30. The monoisotopic (exact) mass is 261 g/mol. The largest absolute Gasteiger partial charge is 0.478 e. The van der Waals surface area contributed by atoms with Crippen molar-refractivity contribution in [2.75, 3.05) is 0 Å². The summed E-state index contributed by atoms with van der Waals surface area (Å²) in [6.45, 7) is 6.31. The first-order chi connectivity index (χ1) is 8.37. The Morgan fingerprint density at radius 3 is 2.67 bits per heavy atom. The second kappa shape index (κ2) is 4.61. The third kappa shape index (κ3) is 2.82. The maximum absolute atomic E-state index is 11.3. The van der Waals surface area contributed by atoms with E-state index < -0.39 is 5.97 Å². The SMILES string of the molecule is CC(C)(C)Sc1cc(C(=O)O)c2ncccc2c1. The average Bonchev–Trinajstić information content (AvgIpc) is 2.25. The number of hydrogen-bond acceptors (Lipinski definition) is 3. The molecule has 1 N–H and O–H groups in total. The lowest BCUT2D eigenvalue weighted by atomic mass is 10.1. The smallest absolute Gasteiger partial charge is 0.337 e. The van der Waals surface area contributed by atoms with E-state index in [9.17, 15) is 9.90 Å². The highest BCUT2D eigenvalue weighted by atomic mass is 32.2. The summed E-state index contributed by atoms with van der Waals surface area (Å²) in [5.41, 5.74) is 0.808. The minimum absolute atomic E-state index is 0.0473. The number of thioether (sulfide) groups is 1. The van der Waals surface area contributed by atoms with Crippen molar-refractivity contribution >= 4 is 28.6 Å². The van der Waals surface area contributed by atoms with Gasteiger partial charge >= 0.3 is 5.97 Å². The predicted molar refractivity (Wildman–Crippen MR) is 74.3 cm³/mol. The second-order valence-corrected chi connectivity index (χ2v) is 6.97. The van der Waals surface area contributed by atoms with Gasteiger partial charge in [-0.1, -0.05) is 26.8 Å². The summed E-state index contributed by atoms with van der Waals surface area (Å²) in [6.07, 6.45) is 1.62. The first-order valence-electron chi connectivity index (χ1n) is 5.68. The van der Waals surface area contributed by atoms with Gasteiger partial charge in [-0.05, 0) is 18.2 Å². The molecule has 0 bridgehead atoms. The molecular formula is C14H15NO2S. The molecule has 0 saturated heterocycles. The molecule has 0 spiro atoms. The highest BCUT2D eigenvalue weighted by molar-refractivity contribution is 8.00. The van der Waals surface area contributed by atoms with Gasteiger partial charge in [0.1, 0.15) is 0 Å². The van der Waals surface area contributed by atoms with Crippen LogP contribution in [0.1, 0.15) is 31.1 Å². The number of carbonyl (C=O) groups is 1. The number of pyridine rings is 1. The minimum atomic E-state index is -0.935. The van der Waals surface area contributed by atoms with Gasteiger partial charge in [0, 0.05) is 21.2 Å². The normalized spacial score (nSPS) is 11.7.